The van der Waals surface area contributed by atoms with Gasteiger partial charge in [0.2, 0.25) is 0 Å². The molecule has 0 amide bonds. The Bertz CT molecular complexity index is 378. The van der Waals surface area contributed by atoms with Crippen LogP contribution in [0.25, 0.3) is 0 Å². The Labute approximate surface area is 109 Å². The summed E-state index contributed by atoms with van der Waals surface area (Å²) in [6.45, 7) is 11.4. The smallest absolute Gasteiger partial charge is 0.132 e. The Morgan fingerprint density at radius 2 is 1.94 bits per heavy atom. The average Bonchev–Trinajstić information content (AvgIpc) is 2.51. The van der Waals surface area contributed by atoms with Gasteiger partial charge in [-0.05, 0) is 12.3 Å². The molecule has 1 aromatic heterocycles. The zero-order chi connectivity index (χ0) is 13.2. The number of aliphatic hydroxyl groups excluding tert-OH is 1. The molecule has 1 N–H and O–H groups in total. The molecule has 0 saturated heterocycles. The maximum absolute atomic E-state index is 9.42. The Kier molecular flexibility index (Phi) is 4.62. The van der Waals surface area contributed by atoms with E-state index >= 15 is 0 Å². The number of hydrogen-bond acceptors (Lipinski definition) is 2. The predicted molar refractivity (Wildman–Crippen MR) is 71.3 cm³/mol. The van der Waals surface area contributed by atoms with E-state index in [0.717, 1.165) is 24.2 Å². The van der Waals surface area contributed by atoms with Gasteiger partial charge in [-0.25, -0.2) is 0 Å². The van der Waals surface area contributed by atoms with Crippen LogP contribution in [-0.2, 0) is 18.6 Å². The van der Waals surface area contributed by atoms with E-state index in [1.807, 2.05) is 4.68 Å². The molecule has 1 rings (SSSR count). The number of aryl methyl sites for hydroxylation is 1. The lowest BCUT2D eigenvalue weighted by atomic mass is 9.90. The number of halogens is 1. The number of rotatable bonds is 4. The van der Waals surface area contributed by atoms with Crippen molar-refractivity contribution in [3.63, 3.8) is 0 Å². The van der Waals surface area contributed by atoms with E-state index in [1.165, 1.54) is 0 Å². The van der Waals surface area contributed by atoms with E-state index in [1.54, 1.807) is 0 Å². The molecule has 0 spiro atoms. The van der Waals surface area contributed by atoms with Gasteiger partial charge >= 0.3 is 0 Å². The van der Waals surface area contributed by atoms with Crippen LogP contribution in [0.15, 0.2) is 0 Å². The van der Waals surface area contributed by atoms with E-state index in [4.69, 9.17) is 11.6 Å². The van der Waals surface area contributed by atoms with Crippen molar-refractivity contribution in [2.45, 2.75) is 59.6 Å². The summed E-state index contributed by atoms with van der Waals surface area (Å²) in [6, 6.07) is 0. The molecule has 1 heterocycles. The van der Waals surface area contributed by atoms with Crippen LogP contribution in [0.3, 0.4) is 0 Å². The van der Waals surface area contributed by atoms with Crippen molar-refractivity contribution in [3.05, 3.63) is 16.4 Å². The summed E-state index contributed by atoms with van der Waals surface area (Å²) >= 11 is 6.26. The van der Waals surface area contributed by atoms with Gasteiger partial charge in [-0.15, -0.1) is 0 Å². The summed E-state index contributed by atoms with van der Waals surface area (Å²) in [5, 5.41) is 14.5. The second kappa shape index (κ2) is 5.40. The van der Waals surface area contributed by atoms with Crippen LogP contribution in [0.4, 0.5) is 0 Å². The minimum atomic E-state index is -0.0925. The first-order chi connectivity index (χ1) is 7.77. The molecular formula is C13H23ClN2O. The molecule has 0 aliphatic rings. The number of hydrogen-bond donors (Lipinski definition) is 1. The van der Waals surface area contributed by atoms with Crippen molar-refractivity contribution in [3.8, 4) is 0 Å². The van der Waals surface area contributed by atoms with Crippen LogP contribution in [0.5, 0.6) is 0 Å². The first-order valence-corrected chi connectivity index (χ1v) is 6.51. The lowest BCUT2D eigenvalue weighted by Crippen LogP contribution is -2.15. The van der Waals surface area contributed by atoms with Crippen molar-refractivity contribution < 1.29 is 5.11 Å². The lowest BCUT2D eigenvalue weighted by molar-refractivity contribution is 0.278. The summed E-state index contributed by atoms with van der Waals surface area (Å²) in [5.41, 5.74) is 1.57. The van der Waals surface area contributed by atoms with Gasteiger partial charge in [-0.3, -0.25) is 4.68 Å². The Hall–Kier alpha value is -0.540. The van der Waals surface area contributed by atoms with Crippen LogP contribution in [0, 0.1) is 5.92 Å². The highest BCUT2D eigenvalue weighted by molar-refractivity contribution is 6.30. The van der Waals surface area contributed by atoms with Gasteiger partial charge in [0, 0.05) is 17.5 Å². The molecule has 0 radical (unpaired) electrons. The Morgan fingerprint density at radius 1 is 1.35 bits per heavy atom. The topological polar surface area (TPSA) is 38.0 Å². The van der Waals surface area contributed by atoms with Gasteiger partial charge in [0.25, 0.3) is 0 Å². The molecule has 0 aromatic carbocycles. The zero-order valence-corrected chi connectivity index (χ0v) is 12.2. The minimum Gasteiger partial charge on any atom is -0.391 e. The predicted octanol–water partition coefficient (Wildman–Crippen LogP) is 3.37. The monoisotopic (exact) mass is 258 g/mol. The largest absolute Gasteiger partial charge is 0.391 e. The number of aliphatic hydroxyl groups is 1. The first kappa shape index (κ1) is 14.5. The van der Waals surface area contributed by atoms with Crippen LogP contribution >= 0.6 is 11.6 Å². The molecule has 0 unspecified atom stereocenters. The van der Waals surface area contributed by atoms with Gasteiger partial charge in [0.1, 0.15) is 5.15 Å². The number of aromatic nitrogens is 2. The van der Waals surface area contributed by atoms with E-state index in [-0.39, 0.29) is 12.0 Å². The molecule has 3 nitrogen and oxygen atoms in total. The molecule has 0 fully saturated rings. The number of nitrogens with zero attached hydrogens (tertiary/aromatic N) is 2. The third-order valence-electron chi connectivity index (χ3n) is 2.77. The van der Waals surface area contributed by atoms with Crippen LogP contribution in [-0.4, -0.2) is 14.9 Å². The molecule has 0 saturated carbocycles. The fourth-order valence-corrected chi connectivity index (χ4v) is 2.02. The Balaban J connectivity index is 3.05. The third kappa shape index (κ3) is 3.46. The van der Waals surface area contributed by atoms with Gasteiger partial charge in [0.05, 0.1) is 12.3 Å². The first-order valence-electron chi connectivity index (χ1n) is 6.14. The maximum atomic E-state index is 9.42. The van der Waals surface area contributed by atoms with E-state index < -0.39 is 0 Å². The molecular weight excluding hydrogens is 236 g/mol. The highest BCUT2D eigenvalue weighted by atomic mass is 35.5. The molecule has 0 aliphatic carbocycles. The lowest BCUT2D eigenvalue weighted by Gasteiger charge is -2.16. The molecule has 0 aliphatic heterocycles. The van der Waals surface area contributed by atoms with Crippen molar-refractivity contribution in [2.24, 2.45) is 5.92 Å². The SMILES string of the molecule is CC(C)CCn1nc(C(C)(C)C)c(CO)c1Cl. The molecule has 0 atom stereocenters. The standard InChI is InChI=1S/C13H23ClN2O/c1-9(2)6-7-16-12(14)10(8-17)11(15-16)13(3,4)5/h9,17H,6-8H2,1-5H3. The van der Waals surface area contributed by atoms with Gasteiger partial charge in [-0.2, -0.15) is 5.10 Å². The summed E-state index contributed by atoms with van der Waals surface area (Å²) in [4.78, 5) is 0. The van der Waals surface area contributed by atoms with E-state index in [0.29, 0.717) is 11.1 Å². The van der Waals surface area contributed by atoms with Crippen LogP contribution < -0.4 is 0 Å². The zero-order valence-electron chi connectivity index (χ0n) is 11.4. The van der Waals surface area contributed by atoms with E-state index in [9.17, 15) is 5.11 Å². The normalized spacial score (nSPS) is 12.5. The summed E-state index contributed by atoms with van der Waals surface area (Å²) in [6.07, 6.45) is 1.04. The van der Waals surface area contributed by atoms with Gasteiger partial charge < -0.3 is 5.11 Å². The second-order valence-electron chi connectivity index (χ2n) is 5.93. The fourth-order valence-electron chi connectivity index (χ4n) is 1.75. The molecule has 4 heteroatoms. The molecule has 1 aromatic rings. The average molecular weight is 259 g/mol. The third-order valence-corrected chi connectivity index (χ3v) is 3.19. The summed E-state index contributed by atoms with van der Waals surface area (Å²) < 4.78 is 1.81. The van der Waals surface area contributed by atoms with Gasteiger partial charge in [0.15, 0.2) is 0 Å². The van der Waals surface area contributed by atoms with Gasteiger partial charge in [-0.1, -0.05) is 46.2 Å². The van der Waals surface area contributed by atoms with E-state index in [2.05, 4.69) is 39.7 Å². The summed E-state index contributed by atoms with van der Waals surface area (Å²) in [7, 11) is 0. The minimum absolute atomic E-state index is 0.0485. The Morgan fingerprint density at radius 3 is 2.29 bits per heavy atom. The fraction of sp³-hybridized carbons (Fsp3) is 0.769. The second-order valence-corrected chi connectivity index (χ2v) is 6.29. The van der Waals surface area contributed by atoms with Crippen molar-refractivity contribution in [1.29, 1.82) is 0 Å². The maximum Gasteiger partial charge on any atom is 0.132 e. The summed E-state index contributed by atoms with van der Waals surface area (Å²) in [5.74, 6) is 0.617. The highest BCUT2D eigenvalue weighted by Crippen LogP contribution is 2.30. The highest BCUT2D eigenvalue weighted by Gasteiger charge is 2.25. The van der Waals surface area contributed by atoms with Crippen molar-refractivity contribution >= 4 is 11.6 Å². The molecule has 17 heavy (non-hydrogen) atoms. The molecule has 98 valence electrons. The van der Waals surface area contributed by atoms with Crippen molar-refractivity contribution in [2.75, 3.05) is 0 Å². The van der Waals surface area contributed by atoms with Crippen LogP contribution in [0.2, 0.25) is 5.15 Å². The molecule has 0 bridgehead atoms. The van der Waals surface area contributed by atoms with Crippen LogP contribution in [0.1, 0.15) is 52.3 Å². The quantitative estimate of drug-likeness (QED) is 0.899. The van der Waals surface area contributed by atoms with Crippen molar-refractivity contribution in [1.82, 2.24) is 9.78 Å².